The SMILES string of the molecule is O=C1[C@@H]2[C@H]3C=C[C@@H]([C@@H]4C[C@@H]34)[C@H]2C(=O)N1N=Cc1ccc([N+](=O)[O-])o1. The number of amides is 2. The van der Waals surface area contributed by atoms with Crippen LogP contribution in [0.5, 0.6) is 0 Å². The van der Waals surface area contributed by atoms with Gasteiger partial charge in [-0.15, -0.1) is 0 Å². The molecule has 1 saturated heterocycles. The van der Waals surface area contributed by atoms with Gasteiger partial charge in [0.05, 0.1) is 24.1 Å². The van der Waals surface area contributed by atoms with Gasteiger partial charge in [-0.25, -0.2) is 0 Å². The molecule has 8 heteroatoms. The van der Waals surface area contributed by atoms with E-state index in [0.29, 0.717) is 11.8 Å². The summed E-state index contributed by atoms with van der Waals surface area (Å²) in [7, 11) is 0. The van der Waals surface area contributed by atoms with Crippen LogP contribution in [0.1, 0.15) is 12.2 Å². The lowest BCUT2D eigenvalue weighted by Crippen LogP contribution is -2.40. The normalized spacial score (nSPS) is 38.8. The van der Waals surface area contributed by atoms with Crippen LogP contribution in [-0.4, -0.2) is 28.0 Å². The summed E-state index contributed by atoms with van der Waals surface area (Å²) in [5.41, 5.74) is 0. The van der Waals surface area contributed by atoms with Crippen molar-refractivity contribution in [3.63, 3.8) is 0 Å². The Morgan fingerprint density at radius 1 is 1.17 bits per heavy atom. The number of hydrazone groups is 1. The largest absolute Gasteiger partial charge is 0.433 e. The van der Waals surface area contributed by atoms with Gasteiger partial charge in [-0.1, -0.05) is 12.2 Å². The van der Waals surface area contributed by atoms with Crippen LogP contribution in [-0.2, 0) is 9.59 Å². The van der Waals surface area contributed by atoms with E-state index >= 15 is 0 Å². The third-order valence-corrected chi connectivity index (χ3v) is 5.73. The lowest BCUT2D eigenvalue weighted by atomic mass is 9.63. The number of rotatable bonds is 3. The van der Waals surface area contributed by atoms with Crippen LogP contribution < -0.4 is 0 Å². The summed E-state index contributed by atoms with van der Waals surface area (Å²) in [5, 5.41) is 15.5. The second-order valence-electron chi connectivity index (χ2n) is 6.82. The highest BCUT2D eigenvalue weighted by molar-refractivity contribution is 6.06. The zero-order chi connectivity index (χ0) is 16.6. The highest BCUT2D eigenvalue weighted by atomic mass is 16.6. The summed E-state index contributed by atoms with van der Waals surface area (Å²) >= 11 is 0. The molecule has 5 aliphatic rings. The minimum absolute atomic E-state index is 0.126. The second-order valence-corrected chi connectivity index (χ2v) is 6.82. The molecule has 1 aromatic heterocycles. The van der Waals surface area contributed by atoms with Gasteiger partial charge in [-0.3, -0.25) is 19.7 Å². The van der Waals surface area contributed by atoms with Crippen molar-refractivity contribution in [3.8, 4) is 0 Å². The number of imide groups is 1. The molecule has 2 amide bonds. The molecule has 0 aromatic carbocycles. The van der Waals surface area contributed by atoms with Crippen LogP contribution in [0.3, 0.4) is 0 Å². The molecule has 2 bridgehead atoms. The number of carbonyl (C=O) groups is 2. The fourth-order valence-corrected chi connectivity index (χ4v) is 4.68. The Morgan fingerprint density at radius 2 is 1.79 bits per heavy atom. The van der Waals surface area contributed by atoms with Crippen molar-refractivity contribution in [2.24, 2.45) is 40.6 Å². The molecule has 1 aliphatic heterocycles. The van der Waals surface area contributed by atoms with E-state index in [0.717, 1.165) is 11.4 Å². The lowest BCUT2D eigenvalue weighted by Gasteiger charge is -2.37. The van der Waals surface area contributed by atoms with Crippen molar-refractivity contribution in [2.75, 3.05) is 0 Å². The monoisotopic (exact) mass is 327 g/mol. The molecule has 0 spiro atoms. The standard InChI is InChI=1S/C16H13N3O5/c20-15-13-8-2-3-9(11-5-10(8)11)14(13)16(21)18(15)17-6-7-1-4-12(24-7)19(22)23/h1-4,6,8-11,13-14H,5H2/t8-,9-,10-,11-,13+,14+/m0/s1. The van der Waals surface area contributed by atoms with Gasteiger partial charge in [0.25, 0.3) is 11.8 Å². The van der Waals surface area contributed by atoms with Gasteiger partial charge >= 0.3 is 5.88 Å². The maximum atomic E-state index is 12.7. The molecule has 8 nitrogen and oxygen atoms in total. The van der Waals surface area contributed by atoms with E-state index < -0.39 is 10.8 Å². The molecule has 2 heterocycles. The topological polar surface area (TPSA) is 106 Å². The Balaban J connectivity index is 1.42. The first-order valence-corrected chi connectivity index (χ1v) is 7.90. The molecule has 24 heavy (non-hydrogen) atoms. The summed E-state index contributed by atoms with van der Waals surface area (Å²) in [5.74, 6) is -0.0765. The highest BCUT2D eigenvalue weighted by Crippen LogP contribution is 2.65. The van der Waals surface area contributed by atoms with Gasteiger partial charge < -0.3 is 4.42 Å². The molecule has 3 fully saturated rings. The molecule has 0 radical (unpaired) electrons. The molecule has 6 atom stereocenters. The number of furan rings is 1. The van der Waals surface area contributed by atoms with Crippen molar-refractivity contribution >= 4 is 23.9 Å². The molecule has 4 aliphatic carbocycles. The van der Waals surface area contributed by atoms with Crippen molar-refractivity contribution in [2.45, 2.75) is 6.42 Å². The number of nitrogens with zero attached hydrogens (tertiary/aromatic N) is 3. The number of allylic oxidation sites excluding steroid dienone is 2. The third-order valence-electron chi connectivity index (χ3n) is 5.73. The first-order chi connectivity index (χ1) is 11.6. The van der Waals surface area contributed by atoms with Crippen LogP contribution in [0.2, 0.25) is 0 Å². The summed E-state index contributed by atoms with van der Waals surface area (Å²) in [4.78, 5) is 35.3. The first kappa shape index (κ1) is 13.6. The smallest absolute Gasteiger partial charge is 0.400 e. The quantitative estimate of drug-likeness (QED) is 0.275. The van der Waals surface area contributed by atoms with Crippen LogP contribution in [0.25, 0.3) is 0 Å². The molecule has 6 rings (SSSR count). The molecule has 0 unspecified atom stereocenters. The van der Waals surface area contributed by atoms with E-state index in [2.05, 4.69) is 17.3 Å². The van der Waals surface area contributed by atoms with Crippen LogP contribution in [0.15, 0.2) is 33.8 Å². The van der Waals surface area contributed by atoms with Gasteiger partial charge in [-0.05, 0) is 36.2 Å². The van der Waals surface area contributed by atoms with E-state index in [9.17, 15) is 19.7 Å². The molecule has 122 valence electrons. The van der Waals surface area contributed by atoms with Gasteiger partial charge in [0.1, 0.15) is 4.92 Å². The fraction of sp³-hybridized carbons (Fsp3) is 0.438. The third kappa shape index (κ3) is 1.65. The summed E-state index contributed by atoms with van der Waals surface area (Å²) in [6, 6.07) is 2.58. The van der Waals surface area contributed by atoms with E-state index in [1.807, 2.05) is 0 Å². The number of carbonyl (C=O) groups excluding carboxylic acids is 2. The first-order valence-electron chi connectivity index (χ1n) is 7.90. The van der Waals surface area contributed by atoms with Crippen LogP contribution in [0, 0.1) is 45.6 Å². The number of hydrogen-bond acceptors (Lipinski definition) is 6. The average molecular weight is 327 g/mol. The zero-order valence-corrected chi connectivity index (χ0v) is 12.4. The summed E-state index contributed by atoms with van der Waals surface area (Å²) in [6.07, 6.45) is 6.47. The van der Waals surface area contributed by atoms with Crippen molar-refractivity contribution in [1.82, 2.24) is 5.01 Å². The van der Waals surface area contributed by atoms with Crippen molar-refractivity contribution in [1.29, 1.82) is 0 Å². The fourth-order valence-electron chi connectivity index (χ4n) is 4.68. The molecule has 2 saturated carbocycles. The second kappa shape index (κ2) is 4.40. The van der Waals surface area contributed by atoms with Gasteiger partial charge in [-0.2, -0.15) is 10.1 Å². The Hall–Kier alpha value is -2.77. The maximum absolute atomic E-state index is 12.7. The zero-order valence-electron chi connectivity index (χ0n) is 12.4. The van der Waals surface area contributed by atoms with Gasteiger partial charge in [0, 0.05) is 0 Å². The van der Waals surface area contributed by atoms with Gasteiger partial charge in [0.15, 0.2) is 5.76 Å². The van der Waals surface area contributed by atoms with Crippen molar-refractivity contribution < 1.29 is 18.9 Å². The predicted octanol–water partition coefficient (Wildman–Crippen LogP) is 1.57. The van der Waals surface area contributed by atoms with E-state index in [4.69, 9.17) is 4.42 Å². The Labute approximate surface area is 135 Å². The van der Waals surface area contributed by atoms with Crippen LogP contribution >= 0.6 is 0 Å². The summed E-state index contributed by atoms with van der Waals surface area (Å²) in [6.45, 7) is 0. The minimum Gasteiger partial charge on any atom is -0.400 e. The number of nitro groups is 1. The highest BCUT2D eigenvalue weighted by Gasteiger charge is 2.67. The Morgan fingerprint density at radius 3 is 2.33 bits per heavy atom. The Kier molecular flexibility index (Phi) is 2.50. The average Bonchev–Trinajstić information content (AvgIpc) is 3.20. The maximum Gasteiger partial charge on any atom is 0.433 e. The van der Waals surface area contributed by atoms with E-state index in [1.54, 1.807) is 0 Å². The Bertz CT molecular complexity index is 805. The predicted molar refractivity (Wildman–Crippen MR) is 79.5 cm³/mol. The molecule has 0 N–H and O–H groups in total. The van der Waals surface area contributed by atoms with Crippen molar-refractivity contribution in [3.05, 3.63) is 40.2 Å². The number of hydrogen-bond donors (Lipinski definition) is 0. The minimum atomic E-state index is -0.659. The van der Waals surface area contributed by atoms with Gasteiger partial charge in [0.2, 0.25) is 0 Å². The summed E-state index contributed by atoms with van der Waals surface area (Å²) < 4.78 is 4.96. The lowest BCUT2D eigenvalue weighted by molar-refractivity contribution is -0.402. The molecular formula is C16H13N3O5. The molecular weight excluding hydrogens is 314 g/mol. The molecule has 1 aromatic rings. The van der Waals surface area contributed by atoms with Crippen LogP contribution in [0.4, 0.5) is 5.88 Å². The van der Waals surface area contributed by atoms with E-state index in [-0.39, 0.29) is 41.2 Å². The van der Waals surface area contributed by atoms with E-state index in [1.165, 1.54) is 18.3 Å².